The van der Waals surface area contributed by atoms with E-state index in [2.05, 4.69) is 34.1 Å². The molecule has 1 fully saturated rings. The summed E-state index contributed by atoms with van der Waals surface area (Å²) in [5.74, 6) is 0. The molecule has 1 aliphatic heterocycles. The molecular formula is C22H25N2OP. The number of rotatable bonds is 5. The average molecular weight is 364 g/mol. The Labute approximate surface area is 155 Å². The topological polar surface area (TPSA) is 33.2 Å². The molecule has 3 aromatic rings. The first-order valence-corrected chi connectivity index (χ1v) is 11.5. The van der Waals surface area contributed by atoms with Crippen LogP contribution < -0.4 is 5.30 Å². The number of hydrogen-bond acceptors (Lipinski definition) is 3. The van der Waals surface area contributed by atoms with Crippen molar-refractivity contribution in [3.8, 4) is 0 Å². The van der Waals surface area contributed by atoms with E-state index >= 15 is 0 Å². The normalized spacial score (nSPS) is 17.4. The van der Waals surface area contributed by atoms with Crippen LogP contribution in [-0.4, -0.2) is 41.8 Å². The maximum absolute atomic E-state index is 13.2. The van der Waals surface area contributed by atoms with Gasteiger partial charge in [0, 0.05) is 48.5 Å². The lowest BCUT2D eigenvalue weighted by atomic mass is 10.0. The third-order valence-corrected chi connectivity index (χ3v) is 8.54. The maximum Gasteiger partial charge on any atom is 0.118 e. The van der Waals surface area contributed by atoms with Crippen LogP contribution >= 0.6 is 7.14 Å². The van der Waals surface area contributed by atoms with Crippen LogP contribution in [0, 0.1) is 0 Å². The van der Waals surface area contributed by atoms with E-state index in [9.17, 15) is 4.57 Å². The Kier molecular flexibility index (Phi) is 5.19. The molecule has 0 spiro atoms. The van der Waals surface area contributed by atoms with E-state index in [1.165, 1.54) is 16.3 Å². The minimum absolute atomic E-state index is 0.812. The molecule has 1 aliphatic rings. The summed E-state index contributed by atoms with van der Waals surface area (Å²) in [5.41, 5.74) is 1.33. The van der Waals surface area contributed by atoms with E-state index in [1.807, 2.05) is 42.7 Å². The van der Waals surface area contributed by atoms with Crippen molar-refractivity contribution >= 4 is 23.2 Å². The van der Waals surface area contributed by atoms with Gasteiger partial charge in [0.25, 0.3) is 0 Å². The Morgan fingerprint density at radius 1 is 0.923 bits per heavy atom. The van der Waals surface area contributed by atoms with E-state index in [1.54, 1.807) is 0 Å². The summed E-state index contributed by atoms with van der Waals surface area (Å²) < 4.78 is 13.2. The largest absolute Gasteiger partial charge is 0.319 e. The lowest BCUT2D eigenvalue weighted by Crippen LogP contribution is -2.37. The second kappa shape index (κ2) is 7.73. The summed E-state index contributed by atoms with van der Waals surface area (Å²) in [6.07, 6.45) is 7.72. The monoisotopic (exact) mass is 364 g/mol. The molecule has 4 rings (SSSR count). The van der Waals surface area contributed by atoms with Crippen molar-refractivity contribution in [3.63, 3.8) is 0 Å². The Bertz CT molecular complexity index is 908. The second-order valence-corrected chi connectivity index (χ2v) is 10.3. The summed E-state index contributed by atoms with van der Waals surface area (Å²) in [6, 6.07) is 18.5. The van der Waals surface area contributed by atoms with Gasteiger partial charge in [-0.2, -0.15) is 0 Å². The molecule has 2 heterocycles. The highest BCUT2D eigenvalue weighted by Gasteiger charge is 2.29. The fraction of sp³-hybridized carbons (Fsp3) is 0.318. The second-order valence-electron chi connectivity index (χ2n) is 7.14. The molecule has 1 saturated heterocycles. The van der Waals surface area contributed by atoms with E-state index in [0.29, 0.717) is 0 Å². The van der Waals surface area contributed by atoms with Crippen molar-refractivity contribution in [2.75, 3.05) is 32.0 Å². The van der Waals surface area contributed by atoms with E-state index < -0.39 is 7.14 Å². The van der Waals surface area contributed by atoms with Gasteiger partial charge < -0.3 is 9.46 Å². The SMILES string of the molecule is O=P1(c2ccccc2)CCN(CCCc2cncc3ccccc23)CC1. The zero-order valence-electron chi connectivity index (χ0n) is 15.1. The molecule has 0 bridgehead atoms. The molecule has 0 atom stereocenters. The van der Waals surface area contributed by atoms with Gasteiger partial charge in [-0.15, -0.1) is 0 Å². The minimum atomic E-state index is -2.18. The van der Waals surface area contributed by atoms with Gasteiger partial charge in [-0.3, -0.25) is 4.98 Å². The summed E-state index contributed by atoms with van der Waals surface area (Å²) in [4.78, 5) is 6.85. The van der Waals surface area contributed by atoms with Crippen LogP contribution in [0.4, 0.5) is 0 Å². The maximum atomic E-state index is 13.2. The van der Waals surface area contributed by atoms with Gasteiger partial charge >= 0.3 is 0 Å². The quantitative estimate of drug-likeness (QED) is 0.637. The van der Waals surface area contributed by atoms with Crippen molar-refractivity contribution in [2.45, 2.75) is 12.8 Å². The first-order chi connectivity index (χ1) is 12.7. The molecule has 0 radical (unpaired) electrons. The van der Waals surface area contributed by atoms with Crippen LogP contribution in [0.1, 0.15) is 12.0 Å². The highest BCUT2D eigenvalue weighted by Crippen LogP contribution is 2.46. The van der Waals surface area contributed by atoms with Crippen molar-refractivity contribution in [1.82, 2.24) is 9.88 Å². The number of aromatic nitrogens is 1. The minimum Gasteiger partial charge on any atom is -0.319 e. The molecule has 26 heavy (non-hydrogen) atoms. The standard InChI is InChI=1S/C22H25N2OP/c25-26(21-9-2-1-3-10-21)15-13-24(14-16-26)12-6-8-20-18-23-17-19-7-4-5-11-22(19)20/h1-5,7,9-11,17-18H,6,8,12-16H2. The number of pyridine rings is 1. The molecule has 0 N–H and O–H groups in total. The predicted molar refractivity (Wildman–Crippen MR) is 110 cm³/mol. The molecule has 2 aromatic carbocycles. The summed E-state index contributed by atoms with van der Waals surface area (Å²) in [6.45, 7) is 2.96. The van der Waals surface area contributed by atoms with E-state index in [0.717, 1.165) is 50.1 Å². The van der Waals surface area contributed by atoms with Gasteiger partial charge in [0.05, 0.1) is 0 Å². The third kappa shape index (κ3) is 3.75. The lowest BCUT2D eigenvalue weighted by Gasteiger charge is -2.32. The van der Waals surface area contributed by atoms with Crippen LogP contribution in [0.3, 0.4) is 0 Å². The Morgan fingerprint density at radius 2 is 1.65 bits per heavy atom. The average Bonchev–Trinajstić information content (AvgIpc) is 2.70. The van der Waals surface area contributed by atoms with Gasteiger partial charge in [0.15, 0.2) is 0 Å². The summed E-state index contributed by atoms with van der Waals surface area (Å²) in [7, 11) is -2.18. The zero-order valence-corrected chi connectivity index (χ0v) is 15.9. The molecule has 0 saturated carbocycles. The van der Waals surface area contributed by atoms with Gasteiger partial charge in [-0.05, 0) is 30.3 Å². The fourth-order valence-corrected chi connectivity index (χ4v) is 6.55. The van der Waals surface area contributed by atoms with Gasteiger partial charge in [-0.25, -0.2) is 0 Å². The number of fused-ring (bicyclic) bond motifs is 1. The highest BCUT2D eigenvalue weighted by molar-refractivity contribution is 7.71. The van der Waals surface area contributed by atoms with Crippen molar-refractivity contribution in [2.24, 2.45) is 0 Å². The molecule has 0 unspecified atom stereocenters. The Balaban J connectivity index is 1.32. The van der Waals surface area contributed by atoms with Gasteiger partial charge in [0.2, 0.25) is 0 Å². The van der Waals surface area contributed by atoms with E-state index in [-0.39, 0.29) is 0 Å². The highest BCUT2D eigenvalue weighted by atomic mass is 31.2. The number of hydrogen-bond donors (Lipinski definition) is 0. The number of nitrogens with zero attached hydrogens (tertiary/aromatic N) is 2. The molecule has 0 amide bonds. The van der Waals surface area contributed by atoms with Gasteiger partial charge in [0.1, 0.15) is 7.14 Å². The Morgan fingerprint density at radius 3 is 2.46 bits per heavy atom. The van der Waals surface area contributed by atoms with Crippen molar-refractivity contribution in [1.29, 1.82) is 0 Å². The number of aryl methyl sites for hydroxylation is 1. The molecular weight excluding hydrogens is 339 g/mol. The zero-order chi connectivity index (χ0) is 17.8. The first kappa shape index (κ1) is 17.5. The van der Waals surface area contributed by atoms with Crippen LogP contribution in [0.2, 0.25) is 0 Å². The lowest BCUT2D eigenvalue weighted by molar-refractivity contribution is 0.292. The third-order valence-electron chi connectivity index (χ3n) is 5.45. The first-order valence-electron chi connectivity index (χ1n) is 9.42. The van der Waals surface area contributed by atoms with Crippen LogP contribution in [0.5, 0.6) is 0 Å². The molecule has 0 aliphatic carbocycles. The van der Waals surface area contributed by atoms with E-state index in [4.69, 9.17) is 0 Å². The summed E-state index contributed by atoms with van der Waals surface area (Å²) >= 11 is 0. The molecule has 1 aromatic heterocycles. The fourth-order valence-electron chi connectivity index (χ4n) is 3.88. The smallest absolute Gasteiger partial charge is 0.118 e. The van der Waals surface area contributed by atoms with Crippen LogP contribution in [-0.2, 0) is 11.0 Å². The summed E-state index contributed by atoms with van der Waals surface area (Å²) in [5, 5.41) is 3.59. The molecule has 4 heteroatoms. The van der Waals surface area contributed by atoms with Crippen molar-refractivity contribution < 1.29 is 4.57 Å². The van der Waals surface area contributed by atoms with Crippen LogP contribution in [0.25, 0.3) is 10.8 Å². The van der Waals surface area contributed by atoms with Crippen LogP contribution in [0.15, 0.2) is 67.0 Å². The Hall–Kier alpha value is -1.96. The number of benzene rings is 2. The van der Waals surface area contributed by atoms with Gasteiger partial charge in [-0.1, -0.05) is 54.6 Å². The van der Waals surface area contributed by atoms with Crippen molar-refractivity contribution in [3.05, 3.63) is 72.6 Å². The molecule has 134 valence electrons. The molecule has 3 nitrogen and oxygen atoms in total. The predicted octanol–water partition coefficient (Wildman–Crippen LogP) is 4.17.